The molecule has 128 valence electrons. The van der Waals surface area contributed by atoms with Gasteiger partial charge >= 0.3 is 6.18 Å². The fraction of sp³-hybridized carbons (Fsp3) is 0.412. The van der Waals surface area contributed by atoms with E-state index in [1.165, 1.54) is 18.7 Å². The number of aromatic nitrogens is 2. The molecular formula is C17H18F3N3O. The Morgan fingerprint density at radius 1 is 1.33 bits per heavy atom. The van der Waals surface area contributed by atoms with Crippen molar-refractivity contribution < 1.29 is 18.0 Å². The molecule has 0 saturated heterocycles. The first-order valence-corrected chi connectivity index (χ1v) is 7.87. The average molecular weight is 337 g/mol. The lowest BCUT2D eigenvalue weighted by Crippen LogP contribution is -2.36. The van der Waals surface area contributed by atoms with Crippen LogP contribution in [-0.4, -0.2) is 15.7 Å². The second kappa shape index (κ2) is 6.30. The van der Waals surface area contributed by atoms with Crippen LogP contribution in [0.25, 0.3) is 0 Å². The normalized spacial score (nSPS) is 18.8. The summed E-state index contributed by atoms with van der Waals surface area (Å²) in [4.78, 5) is 12.4. The van der Waals surface area contributed by atoms with Crippen molar-refractivity contribution >= 4 is 5.91 Å². The van der Waals surface area contributed by atoms with Gasteiger partial charge in [-0.15, -0.1) is 0 Å². The highest BCUT2D eigenvalue weighted by molar-refractivity contribution is 5.80. The van der Waals surface area contributed by atoms with Crippen LogP contribution in [0.1, 0.15) is 48.7 Å². The van der Waals surface area contributed by atoms with Gasteiger partial charge in [0.25, 0.3) is 0 Å². The average Bonchev–Trinajstić information content (AvgIpc) is 3.04. The summed E-state index contributed by atoms with van der Waals surface area (Å²) >= 11 is 0. The highest BCUT2D eigenvalue weighted by Crippen LogP contribution is 2.30. The van der Waals surface area contributed by atoms with Crippen molar-refractivity contribution in [2.75, 3.05) is 0 Å². The number of carbonyl (C=O) groups is 1. The number of amides is 1. The van der Waals surface area contributed by atoms with Crippen LogP contribution in [0.15, 0.2) is 36.5 Å². The van der Waals surface area contributed by atoms with Gasteiger partial charge in [0, 0.05) is 6.20 Å². The van der Waals surface area contributed by atoms with Crippen molar-refractivity contribution in [1.82, 2.24) is 15.1 Å². The molecule has 1 aliphatic carbocycles. The van der Waals surface area contributed by atoms with Crippen molar-refractivity contribution in [3.63, 3.8) is 0 Å². The lowest BCUT2D eigenvalue weighted by Gasteiger charge is -2.27. The Labute approximate surface area is 137 Å². The molecule has 1 aromatic carbocycles. The van der Waals surface area contributed by atoms with E-state index in [2.05, 4.69) is 10.4 Å². The van der Waals surface area contributed by atoms with Crippen LogP contribution >= 0.6 is 0 Å². The van der Waals surface area contributed by atoms with E-state index < -0.39 is 17.9 Å². The molecule has 24 heavy (non-hydrogen) atoms. The Bertz CT molecular complexity index is 739. The predicted molar refractivity (Wildman–Crippen MR) is 82.2 cm³/mol. The quantitative estimate of drug-likeness (QED) is 0.929. The zero-order valence-corrected chi connectivity index (χ0v) is 13.2. The minimum Gasteiger partial charge on any atom is -0.347 e. The Kier molecular flexibility index (Phi) is 4.34. The number of fused-ring (bicyclic) bond motifs is 1. The minimum absolute atomic E-state index is 0.109. The molecule has 4 nitrogen and oxygen atoms in total. The summed E-state index contributed by atoms with van der Waals surface area (Å²) in [6, 6.07) is 7.88. The molecule has 0 spiro atoms. The number of nitrogens with one attached hydrogen (secondary N) is 1. The number of aryl methyl sites for hydroxylation is 1. The number of hydrogen-bond acceptors (Lipinski definition) is 2. The van der Waals surface area contributed by atoms with E-state index in [9.17, 15) is 18.0 Å². The lowest BCUT2D eigenvalue weighted by atomic mass is 9.87. The summed E-state index contributed by atoms with van der Waals surface area (Å²) in [5, 5.41) is 6.41. The van der Waals surface area contributed by atoms with Gasteiger partial charge in [0.2, 0.25) is 5.91 Å². The monoisotopic (exact) mass is 337 g/mol. The van der Waals surface area contributed by atoms with E-state index in [1.807, 2.05) is 24.3 Å². The van der Waals surface area contributed by atoms with Gasteiger partial charge in [0.1, 0.15) is 6.04 Å². The van der Waals surface area contributed by atoms with Gasteiger partial charge < -0.3 is 5.32 Å². The highest BCUT2D eigenvalue weighted by atomic mass is 19.4. The SMILES string of the molecule is CC(C(=O)NC1CCCc2ccccc21)n1ccc(C(F)(F)F)n1. The maximum Gasteiger partial charge on any atom is 0.435 e. The molecule has 2 atom stereocenters. The number of alkyl halides is 3. The zero-order chi connectivity index (χ0) is 17.3. The summed E-state index contributed by atoms with van der Waals surface area (Å²) in [7, 11) is 0. The molecule has 7 heteroatoms. The molecule has 1 N–H and O–H groups in total. The number of halogens is 3. The first kappa shape index (κ1) is 16.5. The van der Waals surface area contributed by atoms with Gasteiger partial charge in [-0.25, -0.2) is 0 Å². The maximum atomic E-state index is 12.6. The van der Waals surface area contributed by atoms with Crippen LogP contribution in [0.3, 0.4) is 0 Å². The van der Waals surface area contributed by atoms with Gasteiger partial charge in [0.05, 0.1) is 6.04 Å². The number of hydrogen-bond donors (Lipinski definition) is 1. The van der Waals surface area contributed by atoms with Crippen molar-refractivity contribution in [2.45, 2.75) is 44.4 Å². The van der Waals surface area contributed by atoms with Crippen molar-refractivity contribution in [2.24, 2.45) is 0 Å². The van der Waals surface area contributed by atoms with Gasteiger partial charge in [-0.1, -0.05) is 24.3 Å². The van der Waals surface area contributed by atoms with E-state index in [-0.39, 0.29) is 11.9 Å². The summed E-state index contributed by atoms with van der Waals surface area (Å²) in [5.41, 5.74) is 1.30. The van der Waals surface area contributed by atoms with Crippen LogP contribution in [0.5, 0.6) is 0 Å². The topological polar surface area (TPSA) is 46.9 Å². The summed E-state index contributed by atoms with van der Waals surface area (Å²) in [6.07, 6.45) is -0.559. The van der Waals surface area contributed by atoms with E-state index >= 15 is 0 Å². The number of carbonyl (C=O) groups excluding carboxylic acids is 1. The lowest BCUT2D eigenvalue weighted by molar-refractivity contribution is -0.142. The van der Waals surface area contributed by atoms with E-state index in [1.54, 1.807) is 0 Å². The standard InChI is InChI=1S/C17H18F3N3O/c1-11(23-10-9-15(22-23)17(18,19)20)16(24)21-14-8-4-6-12-5-2-3-7-13(12)14/h2-3,5,7,9-11,14H,4,6,8H2,1H3,(H,21,24). The minimum atomic E-state index is -4.51. The third kappa shape index (κ3) is 3.29. The summed E-state index contributed by atoms with van der Waals surface area (Å²) in [5.74, 6) is -0.339. The predicted octanol–water partition coefficient (Wildman–Crippen LogP) is 3.66. The third-order valence-corrected chi connectivity index (χ3v) is 4.36. The Morgan fingerprint density at radius 3 is 2.79 bits per heavy atom. The van der Waals surface area contributed by atoms with E-state index in [0.717, 1.165) is 35.6 Å². The van der Waals surface area contributed by atoms with Gasteiger partial charge in [0.15, 0.2) is 5.69 Å². The molecule has 1 heterocycles. The molecule has 2 aromatic rings. The molecule has 1 amide bonds. The van der Waals surface area contributed by atoms with Gasteiger partial charge in [-0.3, -0.25) is 9.48 Å². The first-order valence-electron chi connectivity index (χ1n) is 7.87. The Balaban J connectivity index is 1.72. The molecule has 0 saturated carbocycles. The fourth-order valence-electron chi connectivity index (χ4n) is 3.02. The molecule has 0 fully saturated rings. The Hall–Kier alpha value is -2.31. The van der Waals surface area contributed by atoms with E-state index in [0.29, 0.717) is 0 Å². The molecule has 0 radical (unpaired) electrons. The molecular weight excluding hydrogens is 319 g/mol. The summed E-state index contributed by atoms with van der Waals surface area (Å²) < 4.78 is 38.9. The largest absolute Gasteiger partial charge is 0.435 e. The Morgan fingerprint density at radius 2 is 2.08 bits per heavy atom. The first-order chi connectivity index (χ1) is 11.4. The second-order valence-electron chi connectivity index (χ2n) is 6.01. The fourth-order valence-corrected chi connectivity index (χ4v) is 3.02. The van der Waals surface area contributed by atoms with Crippen molar-refractivity contribution in [3.05, 3.63) is 53.3 Å². The van der Waals surface area contributed by atoms with Crippen LogP contribution in [0, 0.1) is 0 Å². The van der Waals surface area contributed by atoms with Crippen LogP contribution in [0.2, 0.25) is 0 Å². The van der Waals surface area contributed by atoms with Crippen LogP contribution < -0.4 is 5.32 Å². The van der Waals surface area contributed by atoms with Crippen LogP contribution in [-0.2, 0) is 17.4 Å². The second-order valence-corrected chi connectivity index (χ2v) is 6.01. The number of benzene rings is 1. The van der Waals surface area contributed by atoms with Gasteiger partial charge in [-0.2, -0.15) is 18.3 Å². The van der Waals surface area contributed by atoms with Crippen molar-refractivity contribution in [3.8, 4) is 0 Å². The highest BCUT2D eigenvalue weighted by Gasteiger charge is 2.34. The molecule has 1 aromatic heterocycles. The molecule has 2 unspecified atom stereocenters. The van der Waals surface area contributed by atoms with Gasteiger partial charge in [-0.05, 0) is 43.4 Å². The number of nitrogens with zero attached hydrogens (tertiary/aromatic N) is 2. The number of rotatable bonds is 3. The third-order valence-electron chi connectivity index (χ3n) is 4.36. The molecule has 0 bridgehead atoms. The molecule has 3 rings (SSSR count). The zero-order valence-electron chi connectivity index (χ0n) is 13.2. The maximum absolute atomic E-state index is 12.6. The van der Waals surface area contributed by atoms with Crippen LogP contribution in [0.4, 0.5) is 13.2 Å². The van der Waals surface area contributed by atoms with E-state index in [4.69, 9.17) is 0 Å². The molecule has 0 aliphatic heterocycles. The smallest absolute Gasteiger partial charge is 0.347 e. The van der Waals surface area contributed by atoms with Crippen molar-refractivity contribution in [1.29, 1.82) is 0 Å². The summed E-state index contributed by atoms with van der Waals surface area (Å²) in [6.45, 7) is 1.54. The molecule has 1 aliphatic rings.